The first-order valence-electron chi connectivity index (χ1n) is 8.11. The summed E-state index contributed by atoms with van der Waals surface area (Å²) in [5.41, 5.74) is 5.06. The molecule has 0 fully saturated rings. The van der Waals surface area contributed by atoms with Crippen molar-refractivity contribution in [2.24, 2.45) is 0 Å². The van der Waals surface area contributed by atoms with Gasteiger partial charge in [-0.2, -0.15) is 0 Å². The number of hydrogen-bond acceptors (Lipinski definition) is 8. The molecule has 6 heterocycles. The molecule has 0 aliphatic carbocycles. The first kappa shape index (κ1) is 14.4. The zero-order valence-electron chi connectivity index (χ0n) is 13.6. The van der Waals surface area contributed by atoms with E-state index in [2.05, 4.69) is 34.9 Å². The fourth-order valence-electron chi connectivity index (χ4n) is 2.91. The number of H-pyrrole nitrogens is 1. The molecule has 0 aliphatic heterocycles. The predicted molar refractivity (Wildman–Crippen MR) is 101 cm³/mol. The van der Waals surface area contributed by atoms with Gasteiger partial charge in [0.2, 0.25) is 5.71 Å². The first-order valence-corrected chi connectivity index (χ1v) is 8.92. The highest BCUT2D eigenvalue weighted by molar-refractivity contribution is 7.21. The average molecular weight is 371 g/mol. The van der Waals surface area contributed by atoms with E-state index in [0.29, 0.717) is 22.7 Å². The number of fused-ring (bicyclic) bond motifs is 3. The molecule has 0 saturated carbocycles. The van der Waals surface area contributed by atoms with Crippen molar-refractivity contribution in [3.05, 3.63) is 49.3 Å². The minimum Gasteiger partial charge on any atom is -0.435 e. The maximum atomic E-state index is 5.74. The summed E-state index contributed by atoms with van der Waals surface area (Å²) in [6, 6.07) is 3.79. The summed E-state index contributed by atoms with van der Waals surface area (Å²) in [7, 11) is 0. The molecule has 0 spiro atoms. The average Bonchev–Trinajstić information content (AvgIpc) is 3.42. The van der Waals surface area contributed by atoms with Crippen molar-refractivity contribution in [3.8, 4) is 22.0 Å². The van der Waals surface area contributed by atoms with E-state index in [1.165, 1.54) is 11.3 Å². The maximum Gasteiger partial charge on any atom is 0.245 e. The van der Waals surface area contributed by atoms with Gasteiger partial charge in [-0.15, -0.1) is 11.3 Å². The topological polar surface area (TPSA) is 106 Å². The first-order chi connectivity index (χ1) is 13.3. The Hall–Kier alpha value is -3.72. The highest BCUT2D eigenvalue weighted by Gasteiger charge is 2.13. The van der Waals surface area contributed by atoms with Crippen LogP contribution in [0, 0.1) is 0 Å². The van der Waals surface area contributed by atoms with Gasteiger partial charge in [0.1, 0.15) is 32.6 Å². The number of rotatable bonds is 2. The third kappa shape index (κ3) is 2.29. The van der Waals surface area contributed by atoms with E-state index >= 15 is 0 Å². The number of thiophene rings is 1. The Bertz CT molecular complexity index is 1420. The van der Waals surface area contributed by atoms with Crippen molar-refractivity contribution in [2.45, 2.75) is 0 Å². The molecular weight excluding hydrogens is 362 g/mol. The summed E-state index contributed by atoms with van der Waals surface area (Å²) in [6.07, 6.45) is 10.3. The van der Waals surface area contributed by atoms with Gasteiger partial charge in [-0.3, -0.25) is 4.98 Å². The van der Waals surface area contributed by atoms with Crippen LogP contribution < -0.4 is 0 Å². The zero-order valence-corrected chi connectivity index (χ0v) is 14.4. The van der Waals surface area contributed by atoms with Gasteiger partial charge in [0.05, 0.1) is 23.0 Å². The van der Waals surface area contributed by atoms with Crippen LogP contribution in [-0.2, 0) is 0 Å². The Morgan fingerprint density at radius 3 is 2.59 bits per heavy atom. The molecule has 9 heteroatoms. The molecule has 8 nitrogen and oxygen atoms in total. The maximum absolute atomic E-state index is 5.74. The van der Waals surface area contributed by atoms with Gasteiger partial charge in [-0.05, 0) is 6.07 Å². The lowest BCUT2D eigenvalue weighted by Gasteiger charge is -1.95. The monoisotopic (exact) mass is 371 g/mol. The molecule has 6 aromatic rings. The minimum atomic E-state index is 0.482. The summed E-state index contributed by atoms with van der Waals surface area (Å²) in [4.78, 5) is 31.5. The molecule has 0 amide bonds. The predicted octanol–water partition coefficient (Wildman–Crippen LogP) is 3.83. The summed E-state index contributed by atoms with van der Waals surface area (Å²) >= 11 is 1.53. The highest BCUT2D eigenvalue weighted by atomic mass is 32.1. The lowest BCUT2D eigenvalue weighted by atomic mass is 10.3. The minimum absolute atomic E-state index is 0.482. The quantitative estimate of drug-likeness (QED) is 0.493. The zero-order chi connectivity index (χ0) is 17.8. The molecule has 0 unspecified atom stereocenters. The summed E-state index contributed by atoms with van der Waals surface area (Å²) < 4.78 is 5.74. The van der Waals surface area contributed by atoms with E-state index in [1.54, 1.807) is 24.8 Å². The molecule has 6 rings (SSSR count). The number of aromatic amines is 1. The van der Waals surface area contributed by atoms with Gasteiger partial charge < -0.3 is 9.40 Å². The lowest BCUT2D eigenvalue weighted by molar-refractivity contribution is 0.615. The van der Waals surface area contributed by atoms with Gasteiger partial charge in [0, 0.05) is 30.9 Å². The Balaban J connectivity index is 1.46. The third-order valence-electron chi connectivity index (χ3n) is 4.18. The van der Waals surface area contributed by atoms with E-state index in [-0.39, 0.29) is 0 Å². The van der Waals surface area contributed by atoms with Crippen molar-refractivity contribution in [1.82, 2.24) is 34.9 Å². The normalized spacial score (nSPS) is 11.7. The molecule has 128 valence electrons. The lowest BCUT2D eigenvalue weighted by Crippen LogP contribution is -1.84. The fraction of sp³-hybridized carbons (Fsp3) is 0. The second-order valence-electron chi connectivity index (χ2n) is 5.89. The number of nitrogens with one attached hydrogen (secondary N) is 1. The van der Waals surface area contributed by atoms with E-state index in [1.807, 2.05) is 24.5 Å². The highest BCUT2D eigenvalue weighted by Crippen LogP contribution is 2.32. The third-order valence-corrected chi connectivity index (χ3v) is 5.23. The number of aromatic nitrogens is 7. The molecule has 0 aromatic carbocycles. The van der Waals surface area contributed by atoms with E-state index < -0.39 is 0 Å². The van der Waals surface area contributed by atoms with Gasteiger partial charge in [-0.25, -0.2) is 24.9 Å². The van der Waals surface area contributed by atoms with E-state index in [4.69, 9.17) is 4.42 Å². The summed E-state index contributed by atoms with van der Waals surface area (Å²) in [6.45, 7) is 0. The molecular formula is C18H9N7OS. The van der Waals surface area contributed by atoms with Crippen LogP contribution in [0.15, 0.2) is 53.7 Å². The standard InChI is InChI=1S/C18H9N7OS/c1-2-21-17-9(20-1)3-15(26-17)13-7-23-18-10(24-13)4-16(27-18)14-8-22-11-5-19-6-12(11)25-14/h1-8,19H. The van der Waals surface area contributed by atoms with Crippen LogP contribution in [0.4, 0.5) is 0 Å². The number of nitrogens with zero attached hydrogens (tertiary/aromatic N) is 6. The second kappa shape index (κ2) is 5.39. The smallest absolute Gasteiger partial charge is 0.245 e. The van der Waals surface area contributed by atoms with Crippen LogP contribution in [0.5, 0.6) is 0 Å². The Morgan fingerprint density at radius 1 is 0.778 bits per heavy atom. The molecule has 27 heavy (non-hydrogen) atoms. The molecule has 0 radical (unpaired) electrons. The molecule has 0 saturated heterocycles. The summed E-state index contributed by atoms with van der Waals surface area (Å²) in [5, 5.41) is 0. The van der Waals surface area contributed by atoms with Crippen molar-refractivity contribution < 1.29 is 4.42 Å². The molecule has 6 aromatic heterocycles. The number of hydrogen-bond donors (Lipinski definition) is 1. The van der Waals surface area contributed by atoms with Crippen LogP contribution in [0.1, 0.15) is 0 Å². The van der Waals surface area contributed by atoms with Gasteiger partial charge in [0.15, 0.2) is 5.76 Å². The van der Waals surface area contributed by atoms with Gasteiger partial charge in [-0.1, -0.05) is 0 Å². The Labute approximate surface area is 155 Å². The largest absolute Gasteiger partial charge is 0.435 e. The van der Waals surface area contributed by atoms with E-state index in [9.17, 15) is 0 Å². The Morgan fingerprint density at radius 2 is 1.63 bits per heavy atom. The van der Waals surface area contributed by atoms with Crippen LogP contribution in [0.3, 0.4) is 0 Å². The van der Waals surface area contributed by atoms with Crippen molar-refractivity contribution in [1.29, 1.82) is 0 Å². The fourth-order valence-corrected chi connectivity index (χ4v) is 3.81. The van der Waals surface area contributed by atoms with Gasteiger partial charge >= 0.3 is 0 Å². The molecule has 0 aliphatic rings. The number of furan rings is 1. The van der Waals surface area contributed by atoms with E-state index in [0.717, 1.165) is 32.0 Å². The molecule has 0 bridgehead atoms. The van der Waals surface area contributed by atoms with Gasteiger partial charge in [0.25, 0.3) is 0 Å². The van der Waals surface area contributed by atoms with Crippen LogP contribution in [0.25, 0.3) is 54.6 Å². The second-order valence-corrected chi connectivity index (χ2v) is 6.93. The SMILES string of the molecule is c1cnc2oc(-c3cnc4sc(-c5cnc6c[nH]cc6n5)cc4n3)cc2n1. The molecule has 1 N–H and O–H groups in total. The van der Waals surface area contributed by atoms with Crippen molar-refractivity contribution in [2.75, 3.05) is 0 Å². The van der Waals surface area contributed by atoms with Crippen molar-refractivity contribution >= 4 is 43.9 Å². The molecule has 0 atom stereocenters. The van der Waals surface area contributed by atoms with Crippen LogP contribution in [-0.4, -0.2) is 34.9 Å². The summed E-state index contributed by atoms with van der Waals surface area (Å²) in [5.74, 6) is 0.590. The van der Waals surface area contributed by atoms with Crippen LogP contribution >= 0.6 is 11.3 Å². The Kier molecular flexibility index (Phi) is 2.88. The van der Waals surface area contributed by atoms with Crippen molar-refractivity contribution in [3.63, 3.8) is 0 Å². The van der Waals surface area contributed by atoms with Crippen LogP contribution in [0.2, 0.25) is 0 Å².